The van der Waals surface area contributed by atoms with Gasteiger partial charge in [0.15, 0.2) is 17.7 Å². The number of anilines is 2. The molecule has 4 unspecified atom stereocenters. The molecule has 2 aromatic heterocycles. The first kappa shape index (κ1) is 19.4. The fraction of sp³-hybridized carbons (Fsp3) is 0.625. The van der Waals surface area contributed by atoms with Crippen LogP contribution in [0.25, 0.3) is 11.2 Å². The van der Waals surface area contributed by atoms with Crippen LogP contribution in [0.4, 0.5) is 11.8 Å². The zero-order valence-electron chi connectivity index (χ0n) is 15.2. The minimum atomic E-state index is -1.25. The van der Waals surface area contributed by atoms with E-state index in [1.165, 1.54) is 10.9 Å². The Kier molecular flexibility index (Phi) is 5.85. The first-order chi connectivity index (χ1) is 12.9. The average Bonchev–Trinajstić information content (AvgIpc) is 3.16. The molecule has 0 saturated carbocycles. The van der Waals surface area contributed by atoms with Crippen LogP contribution in [0.1, 0.15) is 32.9 Å². The molecule has 1 fully saturated rings. The van der Waals surface area contributed by atoms with Crippen molar-refractivity contribution in [1.82, 2.24) is 19.5 Å². The minimum absolute atomic E-state index is 0.144. The third-order valence-electron chi connectivity index (χ3n) is 4.37. The number of hydrogen-bond donors (Lipinski definition) is 5. The average molecular weight is 379 g/mol. The number of nitrogens with two attached hydrogens (primary N) is 1. The molecule has 0 bridgehead atoms. The van der Waals surface area contributed by atoms with E-state index < -0.39 is 31.1 Å². The van der Waals surface area contributed by atoms with E-state index in [-0.39, 0.29) is 11.8 Å². The van der Waals surface area contributed by atoms with Crippen molar-refractivity contribution in [2.24, 2.45) is 11.0 Å². The molecule has 0 radical (unpaired) electrons. The summed E-state index contributed by atoms with van der Waals surface area (Å²) in [5.41, 5.74) is 9.33. The second-order valence-electron chi connectivity index (χ2n) is 6.88. The van der Waals surface area contributed by atoms with Gasteiger partial charge in [0.25, 0.3) is 0 Å². The Morgan fingerprint density at radius 3 is 2.81 bits per heavy atom. The van der Waals surface area contributed by atoms with Gasteiger partial charge >= 0.3 is 0 Å². The van der Waals surface area contributed by atoms with Gasteiger partial charge in [0.2, 0.25) is 5.95 Å². The van der Waals surface area contributed by atoms with Crippen molar-refractivity contribution >= 4 is 29.1 Å². The maximum Gasteiger partial charge on any atom is 0.247 e. The van der Waals surface area contributed by atoms with Crippen molar-refractivity contribution < 1.29 is 20.1 Å². The maximum atomic E-state index is 10.2. The van der Waals surface area contributed by atoms with Gasteiger partial charge in [-0.1, -0.05) is 13.8 Å². The summed E-state index contributed by atoms with van der Waals surface area (Å²) in [5.74, 6) is 0.907. The molecule has 6 N–H and O–H groups in total. The molecule has 1 saturated heterocycles. The summed E-state index contributed by atoms with van der Waals surface area (Å²) in [4.78, 5) is 12.6. The Balaban J connectivity index is 1.83. The lowest BCUT2D eigenvalue weighted by molar-refractivity contribution is -0.0511. The fourth-order valence-corrected chi connectivity index (χ4v) is 2.86. The fourth-order valence-electron chi connectivity index (χ4n) is 2.86. The van der Waals surface area contributed by atoms with Crippen LogP contribution in [-0.2, 0) is 4.74 Å². The number of aliphatic hydroxyl groups excluding tert-OH is 3. The summed E-state index contributed by atoms with van der Waals surface area (Å²) >= 11 is 0. The van der Waals surface area contributed by atoms with Gasteiger partial charge in [-0.15, -0.1) is 0 Å². The monoisotopic (exact) mass is 379 g/mol. The molecule has 148 valence electrons. The molecule has 0 aliphatic carbocycles. The lowest BCUT2D eigenvalue weighted by Crippen LogP contribution is -2.33. The van der Waals surface area contributed by atoms with Crippen molar-refractivity contribution in [3.8, 4) is 0 Å². The first-order valence-electron chi connectivity index (χ1n) is 8.82. The van der Waals surface area contributed by atoms with E-state index in [1.54, 1.807) is 6.21 Å². The normalized spacial score (nSPS) is 25.9. The summed E-state index contributed by atoms with van der Waals surface area (Å²) in [6, 6.07) is 0. The van der Waals surface area contributed by atoms with Crippen molar-refractivity contribution in [3.63, 3.8) is 0 Å². The number of aliphatic hydroxyl groups is 3. The summed E-state index contributed by atoms with van der Waals surface area (Å²) in [6.45, 7) is 3.85. The number of ether oxygens (including phenoxy) is 1. The molecule has 3 heterocycles. The summed E-state index contributed by atoms with van der Waals surface area (Å²) in [5, 5.41) is 33.5. The smallest absolute Gasteiger partial charge is 0.247 e. The quantitative estimate of drug-likeness (QED) is 0.325. The number of rotatable bonds is 7. The van der Waals surface area contributed by atoms with Gasteiger partial charge < -0.3 is 25.8 Å². The summed E-state index contributed by atoms with van der Waals surface area (Å²) in [7, 11) is 0. The standard InChI is InChI=1S/C16H25N7O4/c1-8(2)4-3-5-19-22-16-20-13(17)10-14(21-16)23(7-18-10)15-12(26)11(25)9(6-24)27-15/h5,7-9,11-12,15,24-26H,3-4,6H2,1-2H3,(H3,17,20,21,22)/b19-5+. The number of nitrogens with zero attached hydrogens (tertiary/aromatic N) is 5. The number of nitrogens with one attached hydrogen (secondary N) is 1. The van der Waals surface area contributed by atoms with Gasteiger partial charge in [-0.05, 0) is 18.8 Å². The Labute approximate surface area is 155 Å². The van der Waals surface area contributed by atoms with Gasteiger partial charge in [-0.2, -0.15) is 15.1 Å². The number of imidazole rings is 1. The Morgan fingerprint density at radius 1 is 1.37 bits per heavy atom. The highest BCUT2D eigenvalue weighted by atomic mass is 16.6. The number of fused-ring (bicyclic) bond motifs is 1. The van der Waals surface area contributed by atoms with E-state index in [9.17, 15) is 15.3 Å². The second-order valence-corrected chi connectivity index (χ2v) is 6.88. The topological polar surface area (TPSA) is 164 Å². The molecular weight excluding hydrogens is 354 g/mol. The van der Waals surface area contributed by atoms with Crippen LogP contribution in [0.15, 0.2) is 11.4 Å². The zero-order valence-corrected chi connectivity index (χ0v) is 15.2. The molecule has 1 aliphatic heterocycles. The minimum Gasteiger partial charge on any atom is -0.394 e. The Morgan fingerprint density at radius 2 is 2.15 bits per heavy atom. The van der Waals surface area contributed by atoms with E-state index in [0.29, 0.717) is 17.1 Å². The van der Waals surface area contributed by atoms with Gasteiger partial charge in [0.1, 0.15) is 23.8 Å². The lowest BCUT2D eigenvalue weighted by Gasteiger charge is -2.16. The van der Waals surface area contributed by atoms with Gasteiger partial charge in [0.05, 0.1) is 12.9 Å². The third kappa shape index (κ3) is 4.00. The predicted molar refractivity (Wildman–Crippen MR) is 98.9 cm³/mol. The number of hydrogen-bond acceptors (Lipinski definition) is 10. The van der Waals surface area contributed by atoms with Gasteiger partial charge in [0, 0.05) is 6.21 Å². The van der Waals surface area contributed by atoms with Crippen LogP contribution >= 0.6 is 0 Å². The number of hydrazone groups is 1. The molecule has 27 heavy (non-hydrogen) atoms. The third-order valence-corrected chi connectivity index (χ3v) is 4.37. The maximum absolute atomic E-state index is 10.2. The highest BCUT2D eigenvalue weighted by Crippen LogP contribution is 2.32. The SMILES string of the molecule is CC(C)CC/C=N/Nc1nc(N)c2ncn(C3OC(CO)C(O)C3O)c2n1. The van der Waals surface area contributed by atoms with Crippen LogP contribution in [0.3, 0.4) is 0 Å². The second kappa shape index (κ2) is 8.13. The lowest BCUT2D eigenvalue weighted by atomic mass is 10.1. The van der Waals surface area contributed by atoms with Crippen LogP contribution in [-0.4, -0.2) is 66.0 Å². The molecule has 0 amide bonds. The van der Waals surface area contributed by atoms with Crippen LogP contribution < -0.4 is 11.2 Å². The molecule has 4 atom stereocenters. The number of nitrogen functional groups attached to an aromatic ring is 1. The molecule has 11 heteroatoms. The molecule has 0 aromatic carbocycles. The predicted octanol–water partition coefficient (Wildman–Crippen LogP) is -0.146. The van der Waals surface area contributed by atoms with Crippen molar-refractivity contribution in [2.75, 3.05) is 17.8 Å². The van der Waals surface area contributed by atoms with Gasteiger partial charge in [-0.3, -0.25) is 4.57 Å². The van der Waals surface area contributed by atoms with Crippen molar-refractivity contribution in [1.29, 1.82) is 0 Å². The Hall–Kier alpha value is -2.34. The molecule has 0 spiro atoms. The molecule has 1 aliphatic rings. The highest BCUT2D eigenvalue weighted by molar-refractivity contribution is 5.83. The van der Waals surface area contributed by atoms with E-state index in [0.717, 1.165) is 12.8 Å². The molecule has 3 rings (SSSR count). The van der Waals surface area contributed by atoms with E-state index in [4.69, 9.17) is 10.5 Å². The number of aromatic nitrogens is 4. The van der Waals surface area contributed by atoms with Crippen molar-refractivity contribution in [3.05, 3.63) is 6.33 Å². The zero-order chi connectivity index (χ0) is 19.6. The molecular formula is C16H25N7O4. The van der Waals surface area contributed by atoms with Crippen LogP contribution in [0.5, 0.6) is 0 Å². The van der Waals surface area contributed by atoms with Crippen molar-refractivity contribution in [2.45, 2.75) is 51.2 Å². The summed E-state index contributed by atoms with van der Waals surface area (Å²) in [6.07, 6.45) is 0.650. The molecule has 11 nitrogen and oxygen atoms in total. The van der Waals surface area contributed by atoms with Crippen LogP contribution in [0.2, 0.25) is 0 Å². The first-order valence-corrected chi connectivity index (χ1v) is 8.82. The highest BCUT2D eigenvalue weighted by Gasteiger charge is 2.44. The summed E-state index contributed by atoms with van der Waals surface area (Å²) < 4.78 is 6.97. The Bertz CT molecular complexity index is 809. The van der Waals surface area contributed by atoms with E-state index >= 15 is 0 Å². The largest absolute Gasteiger partial charge is 0.394 e. The van der Waals surface area contributed by atoms with E-state index in [1.807, 2.05) is 0 Å². The van der Waals surface area contributed by atoms with Crippen LogP contribution in [0, 0.1) is 5.92 Å². The molecule has 2 aromatic rings. The van der Waals surface area contributed by atoms with Gasteiger partial charge in [-0.25, -0.2) is 10.4 Å². The van der Waals surface area contributed by atoms with E-state index in [2.05, 4.69) is 39.3 Å².